The first-order valence-electron chi connectivity index (χ1n) is 6.90. The van der Waals surface area contributed by atoms with Gasteiger partial charge in [0.1, 0.15) is 0 Å². The van der Waals surface area contributed by atoms with Gasteiger partial charge in [-0.2, -0.15) is 0 Å². The lowest BCUT2D eigenvalue weighted by Crippen LogP contribution is -2.24. The van der Waals surface area contributed by atoms with Crippen molar-refractivity contribution in [3.8, 4) is 0 Å². The van der Waals surface area contributed by atoms with E-state index < -0.39 is 0 Å². The van der Waals surface area contributed by atoms with Crippen molar-refractivity contribution < 1.29 is 9.59 Å². The molecule has 0 spiro atoms. The lowest BCUT2D eigenvalue weighted by atomic mass is 9.90. The number of carbonyl (C=O) groups excluding carboxylic acids is 2. The summed E-state index contributed by atoms with van der Waals surface area (Å²) in [5.41, 5.74) is 1.50. The van der Waals surface area contributed by atoms with E-state index in [9.17, 15) is 9.59 Å². The van der Waals surface area contributed by atoms with Gasteiger partial charge >= 0.3 is 0 Å². The largest absolute Gasteiger partial charge is 0.294 e. The van der Waals surface area contributed by atoms with Crippen LogP contribution in [0.4, 0.5) is 0 Å². The second-order valence-corrected chi connectivity index (χ2v) is 4.99. The predicted octanol–water partition coefficient (Wildman–Crippen LogP) is 3.18. The number of amides is 1. The van der Waals surface area contributed by atoms with Crippen LogP contribution in [0.25, 0.3) is 0 Å². The van der Waals surface area contributed by atoms with Gasteiger partial charge in [0, 0.05) is 0 Å². The Morgan fingerprint density at radius 2 is 2.11 bits per heavy atom. The fraction of sp³-hybridized carbons (Fsp3) is 0.438. The van der Waals surface area contributed by atoms with E-state index in [1.807, 2.05) is 12.2 Å². The molecule has 1 aliphatic heterocycles. The highest BCUT2D eigenvalue weighted by Crippen LogP contribution is 2.20. The third-order valence-corrected chi connectivity index (χ3v) is 3.39. The Morgan fingerprint density at radius 1 is 1.26 bits per heavy atom. The molecule has 0 aromatic carbocycles. The number of hydrogen-bond acceptors (Lipinski definition) is 2. The Balaban J connectivity index is 2.16. The molecule has 3 nitrogen and oxygen atoms in total. The molecule has 2 rings (SSSR count). The average Bonchev–Trinajstić information content (AvgIpc) is 2.37. The summed E-state index contributed by atoms with van der Waals surface area (Å²) in [5.74, 6) is -0.482. The van der Waals surface area contributed by atoms with Gasteiger partial charge in [0.25, 0.3) is 0 Å². The second kappa shape index (κ2) is 6.41. The van der Waals surface area contributed by atoms with Crippen LogP contribution >= 0.6 is 0 Å². The molecule has 19 heavy (non-hydrogen) atoms. The summed E-state index contributed by atoms with van der Waals surface area (Å²) < 4.78 is 0. The highest BCUT2D eigenvalue weighted by Gasteiger charge is 2.24. The summed E-state index contributed by atoms with van der Waals surface area (Å²) in [4.78, 5) is 28.1. The number of fused-ring (bicyclic) bond motifs is 1. The van der Waals surface area contributed by atoms with Gasteiger partial charge in [-0.25, -0.2) is 4.99 Å². The second-order valence-electron chi connectivity index (χ2n) is 4.99. The summed E-state index contributed by atoms with van der Waals surface area (Å²) >= 11 is 0. The van der Waals surface area contributed by atoms with Crippen LogP contribution in [0.3, 0.4) is 0 Å². The van der Waals surface area contributed by atoms with E-state index in [4.69, 9.17) is 0 Å². The molecule has 1 aliphatic carbocycles. The molecule has 0 saturated carbocycles. The lowest BCUT2D eigenvalue weighted by Gasteiger charge is -2.16. The first kappa shape index (κ1) is 13.7. The molecule has 2 aliphatic rings. The van der Waals surface area contributed by atoms with Crippen LogP contribution < -0.4 is 0 Å². The number of nitrogens with zero attached hydrogens (tertiary/aromatic N) is 1. The van der Waals surface area contributed by atoms with Crippen molar-refractivity contribution in [1.82, 2.24) is 0 Å². The maximum Gasteiger partial charge on any atom is 0.250 e. The zero-order valence-corrected chi connectivity index (χ0v) is 11.3. The molecule has 0 N–H and O–H groups in total. The fourth-order valence-electron chi connectivity index (χ4n) is 2.36. The minimum Gasteiger partial charge on any atom is -0.294 e. The lowest BCUT2D eigenvalue weighted by molar-refractivity contribution is -0.117. The van der Waals surface area contributed by atoms with Gasteiger partial charge in [-0.15, -0.1) is 0 Å². The van der Waals surface area contributed by atoms with E-state index in [-0.39, 0.29) is 24.0 Å². The third-order valence-electron chi connectivity index (χ3n) is 3.39. The Morgan fingerprint density at radius 3 is 2.89 bits per heavy atom. The quantitative estimate of drug-likeness (QED) is 0.726. The Kier molecular flexibility index (Phi) is 4.61. The first-order chi connectivity index (χ1) is 9.20. The molecular formula is C16H19NO2. The molecule has 0 aromatic heterocycles. The van der Waals surface area contributed by atoms with Crippen LogP contribution in [-0.4, -0.2) is 17.4 Å². The topological polar surface area (TPSA) is 46.5 Å². The molecule has 1 atom stereocenters. The van der Waals surface area contributed by atoms with Gasteiger partial charge in [0.2, 0.25) is 5.91 Å². The van der Waals surface area contributed by atoms with Crippen LogP contribution in [0.1, 0.15) is 39.0 Å². The minimum absolute atomic E-state index is 0.0401. The standard InChI is InChI=1S/C16H19NO2/c1-2-3-4-7-12-10-15(18)13-8-5-6-9-14(13)17-16(19)11-12/h5-6,8-10,13H,2-4,7,11H2,1H3/b12-10-,17-14?. The number of aliphatic imine (C=N–C) groups is 1. The van der Waals surface area contributed by atoms with E-state index in [0.29, 0.717) is 5.71 Å². The van der Waals surface area contributed by atoms with Crippen molar-refractivity contribution in [3.05, 3.63) is 36.0 Å². The van der Waals surface area contributed by atoms with E-state index in [1.165, 1.54) is 0 Å². The predicted molar refractivity (Wildman–Crippen MR) is 76.1 cm³/mol. The average molecular weight is 257 g/mol. The van der Waals surface area contributed by atoms with Crippen molar-refractivity contribution in [2.45, 2.75) is 39.0 Å². The van der Waals surface area contributed by atoms with Crippen LogP contribution in [0.5, 0.6) is 0 Å². The van der Waals surface area contributed by atoms with E-state index in [0.717, 1.165) is 31.3 Å². The summed E-state index contributed by atoms with van der Waals surface area (Å²) in [6.45, 7) is 2.14. The van der Waals surface area contributed by atoms with Crippen molar-refractivity contribution in [3.63, 3.8) is 0 Å². The van der Waals surface area contributed by atoms with Crippen LogP contribution in [0.2, 0.25) is 0 Å². The monoisotopic (exact) mass is 257 g/mol. The SMILES string of the molecule is CCCCC/C1=C/C(=O)C2C=CC=CC2=NC(=O)C1. The number of ketones is 1. The van der Waals surface area contributed by atoms with Crippen molar-refractivity contribution in [2.75, 3.05) is 0 Å². The fourth-order valence-corrected chi connectivity index (χ4v) is 2.36. The molecule has 1 unspecified atom stereocenters. The van der Waals surface area contributed by atoms with Gasteiger partial charge < -0.3 is 0 Å². The molecule has 0 saturated heterocycles. The van der Waals surface area contributed by atoms with E-state index in [1.54, 1.807) is 18.2 Å². The zero-order chi connectivity index (χ0) is 13.7. The molecule has 0 bridgehead atoms. The van der Waals surface area contributed by atoms with Gasteiger partial charge in [-0.3, -0.25) is 9.59 Å². The summed E-state index contributed by atoms with van der Waals surface area (Å²) in [6.07, 6.45) is 13.2. The van der Waals surface area contributed by atoms with Crippen LogP contribution in [0.15, 0.2) is 40.9 Å². The van der Waals surface area contributed by atoms with E-state index in [2.05, 4.69) is 11.9 Å². The maximum absolute atomic E-state index is 12.2. The first-order valence-corrected chi connectivity index (χ1v) is 6.90. The Hall–Kier alpha value is -1.77. The normalized spacial score (nSPS) is 25.2. The highest BCUT2D eigenvalue weighted by atomic mass is 16.1. The highest BCUT2D eigenvalue weighted by molar-refractivity contribution is 6.19. The van der Waals surface area contributed by atoms with Gasteiger partial charge in [0.15, 0.2) is 5.78 Å². The van der Waals surface area contributed by atoms with Gasteiger partial charge in [-0.1, -0.05) is 43.6 Å². The molecule has 0 fully saturated rings. The number of unbranched alkanes of at least 4 members (excludes halogenated alkanes) is 2. The summed E-state index contributed by atoms with van der Waals surface area (Å²) in [5, 5.41) is 0. The number of allylic oxidation sites excluding steroid dienone is 5. The number of rotatable bonds is 4. The van der Waals surface area contributed by atoms with Crippen molar-refractivity contribution in [1.29, 1.82) is 0 Å². The third kappa shape index (κ3) is 3.60. The summed E-state index contributed by atoms with van der Waals surface area (Å²) in [6, 6.07) is 0. The number of carbonyl (C=O) groups is 2. The number of hydrogen-bond donors (Lipinski definition) is 0. The van der Waals surface area contributed by atoms with Gasteiger partial charge in [0.05, 0.1) is 18.1 Å². The molecule has 100 valence electrons. The molecule has 1 heterocycles. The van der Waals surface area contributed by atoms with Crippen LogP contribution in [-0.2, 0) is 9.59 Å². The van der Waals surface area contributed by atoms with Gasteiger partial charge in [-0.05, 0) is 25.0 Å². The smallest absolute Gasteiger partial charge is 0.250 e. The molecular weight excluding hydrogens is 238 g/mol. The van der Waals surface area contributed by atoms with Crippen molar-refractivity contribution >= 4 is 17.4 Å². The molecule has 0 aromatic rings. The van der Waals surface area contributed by atoms with E-state index >= 15 is 0 Å². The Labute approximate surface area is 113 Å². The zero-order valence-electron chi connectivity index (χ0n) is 11.3. The Bertz CT molecular complexity index is 495. The maximum atomic E-state index is 12.2. The molecule has 1 amide bonds. The molecule has 3 heteroatoms. The minimum atomic E-state index is -0.379. The van der Waals surface area contributed by atoms with Crippen molar-refractivity contribution in [2.24, 2.45) is 10.9 Å². The summed E-state index contributed by atoms with van der Waals surface area (Å²) in [7, 11) is 0. The molecule has 0 radical (unpaired) electrons. The van der Waals surface area contributed by atoms with Crippen LogP contribution in [0, 0.1) is 5.92 Å².